The summed E-state index contributed by atoms with van der Waals surface area (Å²) in [6.45, 7) is 2.09. The molecule has 0 bridgehead atoms. The molecule has 1 aromatic heterocycles. The van der Waals surface area contributed by atoms with Crippen LogP contribution in [0.5, 0.6) is 11.6 Å². The van der Waals surface area contributed by atoms with Crippen LogP contribution in [0.25, 0.3) is 0 Å². The summed E-state index contributed by atoms with van der Waals surface area (Å²) in [5, 5.41) is 0. The van der Waals surface area contributed by atoms with E-state index in [9.17, 15) is 0 Å². The normalized spacial score (nSPS) is 10.1. The van der Waals surface area contributed by atoms with Crippen molar-refractivity contribution >= 4 is 17.2 Å². The van der Waals surface area contributed by atoms with Crippen molar-refractivity contribution in [3.05, 3.63) is 47.9 Å². The Morgan fingerprint density at radius 2 is 2.22 bits per heavy atom. The quantitative estimate of drug-likeness (QED) is 0.855. The van der Waals surface area contributed by atoms with Crippen molar-refractivity contribution in [1.82, 2.24) is 9.97 Å². The van der Waals surface area contributed by atoms with Crippen LogP contribution in [0.1, 0.15) is 18.2 Å². The topological polar surface area (TPSA) is 61.0 Å². The number of aromatic nitrogens is 2. The number of aryl methyl sites for hydroxylation is 1. The number of thiocarbonyl (C=S) groups is 1. The average molecular weight is 259 g/mol. The summed E-state index contributed by atoms with van der Waals surface area (Å²) >= 11 is 4.85. The second-order valence-electron chi connectivity index (χ2n) is 3.71. The molecule has 0 saturated carbocycles. The van der Waals surface area contributed by atoms with Gasteiger partial charge in [0.1, 0.15) is 16.4 Å². The first kappa shape index (κ1) is 12.4. The van der Waals surface area contributed by atoms with Crippen molar-refractivity contribution in [1.29, 1.82) is 0 Å². The number of nitrogens with two attached hydrogens (primary N) is 1. The number of hydrogen-bond donors (Lipinski definition) is 1. The SMILES string of the molecule is CCc1cccc(Oc2cncc(C(N)=S)n2)c1. The Bertz CT molecular complexity index is 572. The highest BCUT2D eigenvalue weighted by atomic mass is 32.1. The van der Waals surface area contributed by atoms with Crippen molar-refractivity contribution in [2.45, 2.75) is 13.3 Å². The molecule has 0 aliphatic heterocycles. The zero-order valence-corrected chi connectivity index (χ0v) is 10.8. The Morgan fingerprint density at radius 1 is 1.39 bits per heavy atom. The third-order valence-electron chi connectivity index (χ3n) is 2.39. The maximum atomic E-state index is 5.62. The van der Waals surface area contributed by atoms with Crippen LogP contribution in [0.4, 0.5) is 0 Å². The summed E-state index contributed by atoms with van der Waals surface area (Å²) in [6.07, 6.45) is 3.99. The first-order chi connectivity index (χ1) is 8.69. The molecule has 0 radical (unpaired) electrons. The van der Waals surface area contributed by atoms with Gasteiger partial charge in [0.15, 0.2) is 0 Å². The van der Waals surface area contributed by atoms with Gasteiger partial charge >= 0.3 is 0 Å². The Morgan fingerprint density at radius 3 is 2.94 bits per heavy atom. The lowest BCUT2D eigenvalue weighted by atomic mass is 10.2. The molecular weight excluding hydrogens is 246 g/mol. The molecule has 0 aliphatic carbocycles. The highest BCUT2D eigenvalue weighted by Gasteiger charge is 2.03. The van der Waals surface area contributed by atoms with Crippen molar-refractivity contribution in [3.63, 3.8) is 0 Å². The Kier molecular flexibility index (Phi) is 3.84. The number of hydrogen-bond acceptors (Lipinski definition) is 4. The minimum Gasteiger partial charge on any atom is -0.437 e. The van der Waals surface area contributed by atoms with Gasteiger partial charge in [-0.1, -0.05) is 31.3 Å². The highest BCUT2D eigenvalue weighted by molar-refractivity contribution is 7.80. The summed E-state index contributed by atoms with van der Waals surface area (Å²) in [5.41, 5.74) is 7.15. The lowest BCUT2D eigenvalue weighted by Gasteiger charge is -2.06. The molecule has 92 valence electrons. The van der Waals surface area contributed by atoms with E-state index in [1.54, 1.807) is 0 Å². The summed E-state index contributed by atoms with van der Waals surface area (Å²) in [6, 6.07) is 7.83. The number of benzene rings is 1. The van der Waals surface area contributed by atoms with Crippen LogP contribution in [0.15, 0.2) is 36.7 Å². The second kappa shape index (κ2) is 5.55. The third-order valence-corrected chi connectivity index (χ3v) is 2.60. The van der Waals surface area contributed by atoms with Crippen molar-refractivity contribution in [2.24, 2.45) is 5.73 Å². The van der Waals surface area contributed by atoms with Gasteiger partial charge in [-0.3, -0.25) is 4.98 Å². The molecule has 0 amide bonds. The van der Waals surface area contributed by atoms with Gasteiger partial charge in [-0.05, 0) is 24.1 Å². The zero-order valence-electron chi connectivity index (χ0n) is 9.96. The summed E-state index contributed by atoms with van der Waals surface area (Å²) in [7, 11) is 0. The molecular formula is C13H13N3OS. The fraction of sp³-hybridized carbons (Fsp3) is 0.154. The molecule has 0 fully saturated rings. The lowest BCUT2D eigenvalue weighted by molar-refractivity contribution is 0.459. The van der Waals surface area contributed by atoms with Crippen molar-refractivity contribution < 1.29 is 4.74 Å². The van der Waals surface area contributed by atoms with E-state index in [4.69, 9.17) is 22.7 Å². The van der Waals surface area contributed by atoms with E-state index >= 15 is 0 Å². The molecule has 0 saturated heterocycles. The van der Waals surface area contributed by atoms with Crippen LogP contribution < -0.4 is 10.5 Å². The molecule has 5 heteroatoms. The predicted molar refractivity (Wildman–Crippen MR) is 73.8 cm³/mol. The molecule has 18 heavy (non-hydrogen) atoms. The first-order valence-corrected chi connectivity index (χ1v) is 5.98. The number of nitrogens with zero attached hydrogens (tertiary/aromatic N) is 2. The summed E-state index contributed by atoms with van der Waals surface area (Å²) in [5.74, 6) is 1.11. The smallest absolute Gasteiger partial charge is 0.238 e. The van der Waals surface area contributed by atoms with Gasteiger partial charge in [0, 0.05) is 0 Å². The minimum absolute atomic E-state index is 0.204. The van der Waals surface area contributed by atoms with Crippen LogP contribution in [0.2, 0.25) is 0 Å². The van der Waals surface area contributed by atoms with E-state index in [1.807, 2.05) is 24.3 Å². The Hall–Kier alpha value is -2.01. The molecule has 1 heterocycles. The van der Waals surface area contributed by atoms with Crippen LogP contribution in [-0.2, 0) is 6.42 Å². The van der Waals surface area contributed by atoms with Gasteiger partial charge in [0.25, 0.3) is 0 Å². The maximum Gasteiger partial charge on any atom is 0.238 e. The average Bonchev–Trinajstić information content (AvgIpc) is 2.39. The van der Waals surface area contributed by atoms with Gasteiger partial charge in [0.05, 0.1) is 12.4 Å². The van der Waals surface area contributed by atoms with E-state index < -0.39 is 0 Å². The van der Waals surface area contributed by atoms with E-state index in [0.29, 0.717) is 11.6 Å². The standard InChI is InChI=1S/C13H13N3OS/c1-2-9-4-3-5-10(6-9)17-12-8-15-7-11(16-12)13(14)18/h3-8H,2H2,1H3,(H2,14,18). The van der Waals surface area contributed by atoms with Crippen molar-refractivity contribution in [2.75, 3.05) is 0 Å². The number of rotatable bonds is 4. The first-order valence-electron chi connectivity index (χ1n) is 5.57. The highest BCUT2D eigenvalue weighted by Crippen LogP contribution is 2.20. The molecule has 0 unspecified atom stereocenters. The predicted octanol–water partition coefficient (Wildman–Crippen LogP) is 2.47. The van der Waals surface area contributed by atoms with Gasteiger partial charge in [-0.15, -0.1) is 0 Å². The molecule has 2 N–H and O–H groups in total. The maximum absolute atomic E-state index is 5.62. The van der Waals surface area contributed by atoms with Crippen LogP contribution in [-0.4, -0.2) is 15.0 Å². The molecule has 2 aromatic rings. The molecule has 1 aromatic carbocycles. The van der Waals surface area contributed by atoms with Crippen LogP contribution >= 0.6 is 12.2 Å². The molecule has 0 atom stereocenters. The van der Waals surface area contributed by atoms with E-state index in [0.717, 1.165) is 12.2 Å². The second-order valence-corrected chi connectivity index (χ2v) is 4.15. The minimum atomic E-state index is 0.204. The fourth-order valence-electron chi connectivity index (χ4n) is 1.47. The van der Waals surface area contributed by atoms with Gasteiger partial charge < -0.3 is 10.5 Å². The Balaban J connectivity index is 2.22. The monoisotopic (exact) mass is 259 g/mol. The van der Waals surface area contributed by atoms with Gasteiger partial charge in [-0.25, -0.2) is 4.98 Å². The van der Waals surface area contributed by atoms with E-state index in [1.165, 1.54) is 18.0 Å². The molecule has 4 nitrogen and oxygen atoms in total. The zero-order chi connectivity index (χ0) is 13.0. The summed E-state index contributed by atoms with van der Waals surface area (Å²) < 4.78 is 5.62. The summed E-state index contributed by atoms with van der Waals surface area (Å²) in [4.78, 5) is 8.37. The van der Waals surface area contributed by atoms with Gasteiger partial charge in [-0.2, -0.15) is 0 Å². The number of ether oxygens (including phenoxy) is 1. The largest absolute Gasteiger partial charge is 0.437 e. The van der Waals surface area contributed by atoms with Gasteiger partial charge in [0.2, 0.25) is 5.88 Å². The van der Waals surface area contributed by atoms with Crippen molar-refractivity contribution in [3.8, 4) is 11.6 Å². The van der Waals surface area contributed by atoms with E-state index in [-0.39, 0.29) is 4.99 Å². The Labute approximate surface area is 111 Å². The lowest BCUT2D eigenvalue weighted by Crippen LogP contribution is -2.12. The molecule has 2 rings (SSSR count). The fourth-order valence-corrected chi connectivity index (χ4v) is 1.56. The van der Waals surface area contributed by atoms with Crippen LogP contribution in [0, 0.1) is 0 Å². The van der Waals surface area contributed by atoms with E-state index in [2.05, 4.69) is 16.9 Å². The van der Waals surface area contributed by atoms with Crippen LogP contribution in [0.3, 0.4) is 0 Å². The molecule has 0 spiro atoms. The molecule has 0 aliphatic rings. The third kappa shape index (κ3) is 3.01.